The van der Waals surface area contributed by atoms with Crippen LogP contribution in [-0.2, 0) is 0 Å². The van der Waals surface area contributed by atoms with Gasteiger partial charge < -0.3 is 11.1 Å². The minimum atomic E-state index is -1.68. The molecule has 3 N–H and O–H groups in total. The van der Waals surface area contributed by atoms with Crippen molar-refractivity contribution < 1.29 is 18.0 Å². The Balaban J connectivity index is 2.33. The highest BCUT2D eigenvalue weighted by molar-refractivity contribution is 6.33. The van der Waals surface area contributed by atoms with Gasteiger partial charge in [0.15, 0.2) is 17.5 Å². The topological polar surface area (TPSA) is 68.0 Å². The molecule has 0 fully saturated rings. The van der Waals surface area contributed by atoms with Crippen molar-refractivity contribution in [3.8, 4) is 0 Å². The first kappa shape index (κ1) is 14.1. The summed E-state index contributed by atoms with van der Waals surface area (Å²) in [4.78, 5) is 15.5. The zero-order chi connectivity index (χ0) is 14.9. The van der Waals surface area contributed by atoms with E-state index in [2.05, 4.69) is 10.3 Å². The number of hydrogen-bond acceptors (Lipinski definition) is 3. The maximum Gasteiger partial charge on any atom is 0.258 e. The Morgan fingerprint density at radius 1 is 1.25 bits per heavy atom. The molecule has 0 radical (unpaired) electrons. The third kappa shape index (κ3) is 2.67. The molecule has 20 heavy (non-hydrogen) atoms. The second-order valence-corrected chi connectivity index (χ2v) is 4.14. The number of nitrogens with zero attached hydrogens (tertiary/aromatic N) is 1. The Labute approximate surface area is 116 Å². The fraction of sp³-hybridized carbons (Fsp3) is 0. The molecule has 0 atom stereocenters. The minimum Gasteiger partial charge on any atom is -0.397 e. The Hall–Kier alpha value is -2.28. The molecule has 8 heteroatoms. The number of aromatic nitrogens is 1. The molecule has 0 unspecified atom stereocenters. The smallest absolute Gasteiger partial charge is 0.258 e. The van der Waals surface area contributed by atoms with Gasteiger partial charge in [-0.1, -0.05) is 11.6 Å². The number of anilines is 2. The van der Waals surface area contributed by atoms with Crippen LogP contribution in [0.15, 0.2) is 24.4 Å². The van der Waals surface area contributed by atoms with Crippen LogP contribution in [0.5, 0.6) is 0 Å². The lowest BCUT2D eigenvalue weighted by molar-refractivity contribution is 0.102. The van der Waals surface area contributed by atoms with E-state index in [1.165, 1.54) is 12.3 Å². The molecule has 4 nitrogen and oxygen atoms in total. The first-order chi connectivity index (χ1) is 9.40. The molecular formula is C12H7ClF3N3O. The summed E-state index contributed by atoms with van der Waals surface area (Å²) in [6.45, 7) is 0. The summed E-state index contributed by atoms with van der Waals surface area (Å²) < 4.78 is 39.2. The number of rotatable bonds is 2. The van der Waals surface area contributed by atoms with Crippen LogP contribution in [0.2, 0.25) is 5.15 Å². The molecule has 0 saturated heterocycles. The van der Waals surface area contributed by atoms with Gasteiger partial charge >= 0.3 is 0 Å². The van der Waals surface area contributed by atoms with E-state index in [9.17, 15) is 18.0 Å². The standard InChI is InChI=1S/C12H7ClF3N3O/c13-11-6(3-5(17)4-18-11)12(20)19-8-2-1-7(14)9(15)10(8)16/h1-4H,17H2,(H,19,20). The minimum absolute atomic E-state index is 0.115. The van der Waals surface area contributed by atoms with E-state index in [0.717, 1.165) is 6.07 Å². The summed E-state index contributed by atoms with van der Waals surface area (Å²) >= 11 is 5.70. The molecule has 0 saturated carbocycles. The first-order valence-electron chi connectivity index (χ1n) is 5.26. The van der Waals surface area contributed by atoms with Crippen LogP contribution in [0, 0.1) is 17.5 Å². The predicted molar refractivity (Wildman–Crippen MR) is 67.9 cm³/mol. The van der Waals surface area contributed by atoms with Gasteiger partial charge in [0, 0.05) is 0 Å². The lowest BCUT2D eigenvalue weighted by Crippen LogP contribution is -2.15. The van der Waals surface area contributed by atoms with E-state index in [4.69, 9.17) is 17.3 Å². The monoisotopic (exact) mass is 301 g/mol. The molecule has 1 aromatic carbocycles. The van der Waals surface area contributed by atoms with Crippen molar-refractivity contribution in [3.63, 3.8) is 0 Å². The summed E-state index contributed by atoms with van der Waals surface area (Å²) in [5.41, 5.74) is 4.98. The number of nitrogens with one attached hydrogen (secondary N) is 1. The van der Waals surface area contributed by atoms with Crippen LogP contribution in [0.4, 0.5) is 24.5 Å². The van der Waals surface area contributed by atoms with Gasteiger partial charge in [0.1, 0.15) is 5.15 Å². The number of amides is 1. The number of hydrogen-bond donors (Lipinski definition) is 2. The summed E-state index contributed by atoms with van der Waals surface area (Å²) in [6, 6.07) is 2.80. The van der Waals surface area contributed by atoms with Gasteiger partial charge in [0.05, 0.1) is 23.1 Å². The Morgan fingerprint density at radius 3 is 2.65 bits per heavy atom. The second-order valence-electron chi connectivity index (χ2n) is 3.78. The number of nitrogens with two attached hydrogens (primary N) is 1. The van der Waals surface area contributed by atoms with Gasteiger partial charge in [-0.15, -0.1) is 0 Å². The number of halogens is 4. The fourth-order valence-corrected chi connectivity index (χ4v) is 1.62. The molecule has 0 bridgehead atoms. The van der Waals surface area contributed by atoms with Crippen molar-refractivity contribution in [1.29, 1.82) is 0 Å². The number of nitrogen functional groups attached to an aromatic ring is 1. The molecular weight excluding hydrogens is 295 g/mol. The Bertz CT molecular complexity index is 694. The van der Waals surface area contributed by atoms with Crippen molar-refractivity contribution in [2.75, 3.05) is 11.1 Å². The van der Waals surface area contributed by atoms with Gasteiger partial charge in [-0.3, -0.25) is 4.79 Å². The molecule has 2 aromatic rings. The molecule has 1 heterocycles. The van der Waals surface area contributed by atoms with Gasteiger partial charge in [-0.25, -0.2) is 18.2 Å². The van der Waals surface area contributed by atoms with Crippen LogP contribution in [-0.4, -0.2) is 10.9 Å². The van der Waals surface area contributed by atoms with Crippen LogP contribution in [0.1, 0.15) is 10.4 Å². The normalized spacial score (nSPS) is 10.4. The highest BCUT2D eigenvalue weighted by atomic mass is 35.5. The maximum atomic E-state index is 13.4. The van der Waals surface area contributed by atoms with Crippen molar-refractivity contribution >= 4 is 28.9 Å². The highest BCUT2D eigenvalue weighted by Gasteiger charge is 2.18. The molecule has 2 rings (SSSR count). The highest BCUT2D eigenvalue weighted by Crippen LogP contribution is 2.22. The summed E-state index contributed by atoms with van der Waals surface area (Å²) in [5.74, 6) is -5.39. The summed E-state index contributed by atoms with van der Waals surface area (Å²) in [7, 11) is 0. The third-order valence-electron chi connectivity index (χ3n) is 2.39. The van der Waals surface area contributed by atoms with E-state index in [-0.39, 0.29) is 16.4 Å². The average molecular weight is 302 g/mol. The molecule has 0 aliphatic rings. The SMILES string of the molecule is Nc1cnc(Cl)c(C(=O)Nc2ccc(F)c(F)c2F)c1. The van der Waals surface area contributed by atoms with Crippen LogP contribution in [0.3, 0.4) is 0 Å². The molecule has 0 spiro atoms. The largest absolute Gasteiger partial charge is 0.397 e. The second kappa shape index (κ2) is 5.38. The Morgan fingerprint density at radius 2 is 1.95 bits per heavy atom. The third-order valence-corrected chi connectivity index (χ3v) is 2.69. The maximum absolute atomic E-state index is 13.4. The molecule has 1 amide bonds. The van der Waals surface area contributed by atoms with Crippen molar-refractivity contribution in [2.45, 2.75) is 0 Å². The molecule has 104 valence electrons. The zero-order valence-corrected chi connectivity index (χ0v) is 10.5. The predicted octanol–water partition coefficient (Wildman–Crippen LogP) is 2.99. The molecule has 0 aliphatic carbocycles. The lowest BCUT2D eigenvalue weighted by Gasteiger charge is -2.08. The van der Waals surface area contributed by atoms with Crippen molar-refractivity contribution in [3.05, 3.63) is 52.6 Å². The van der Waals surface area contributed by atoms with E-state index in [1.807, 2.05) is 0 Å². The van der Waals surface area contributed by atoms with Crippen LogP contribution >= 0.6 is 11.6 Å². The van der Waals surface area contributed by atoms with E-state index >= 15 is 0 Å². The number of carbonyl (C=O) groups is 1. The van der Waals surface area contributed by atoms with E-state index in [1.54, 1.807) is 0 Å². The van der Waals surface area contributed by atoms with Gasteiger partial charge in [0.2, 0.25) is 0 Å². The van der Waals surface area contributed by atoms with Crippen molar-refractivity contribution in [1.82, 2.24) is 4.98 Å². The lowest BCUT2D eigenvalue weighted by atomic mass is 10.2. The first-order valence-corrected chi connectivity index (χ1v) is 5.64. The Kier molecular flexibility index (Phi) is 3.80. The van der Waals surface area contributed by atoms with Crippen LogP contribution < -0.4 is 11.1 Å². The van der Waals surface area contributed by atoms with Crippen LogP contribution in [0.25, 0.3) is 0 Å². The summed E-state index contributed by atoms with van der Waals surface area (Å²) in [6.07, 6.45) is 1.23. The van der Waals surface area contributed by atoms with Gasteiger partial charge in [-0.05, 0) is 18.2 Å². The number of benzene rings is 1. The quantitative estimate of drug-likeness (QED) is 0.662. The van der Waals surface area contributed by atoms with Crippen molar-refractivity contribution in [2.24, 2.45) is 0 Å². The summed E-state index contributed by atoms with van der Waals surface area (Å²) in [5, 5.41) is 1.91. The molecule has 0 aliphatic heterocycles. The number of pyridine rings is 1. The fourth-order valence-electron chi connectivity index (χ4n) is 1.44. The zero-order valence-electron chi connectivity index (χ0n) is 9.75. The number of carbonyl (C=O) groups excluding carboxylic acids is 1. The van der Waals surface area contributed by atoms with E-state index < -0.39 is 29.0 Å². The van der Waals surface area contributed by atoms with E-state index in [0.29, 0.717) is 6.07 Å². The molecule has 1 aromatic heterocycles. The van der Waals surface area contributed by atoms with Gasteiger partial charge in [-0.2, -0.15) is 0 Å². The average Bonchev–Trinajstić information content (AvgIpc) is 2.42. The van der Waals surface area contributed by atoms with Gasteiger partial charge in [0.25, 0.3) is 5.91 Å².